The number of aryl methyl sites for hydroxylation is 2. The molecule has 10 aromatic rings. The number of benzene rings is 8. The number of halogens is 1. The van der Waals surface area contributed by atoms with E-state index in [9.17, 15) is 4.39 Å². The van der Waals surface area contributed by atoms with Crippen LogP contribution in [-0.2, 0) is 0 Å². The Labute approximate surface area is 336 Å². The predicted octanol–water partition coefficient (Wildman–Crippen LogP) is 13.7. The summed E-state index contributed by atoms with van der Waals surface area (Å²) in [5.41, 5.74) is 14.3. The van der Waals surface area contributed by atoms with Crippen LogP contribution in [0.15, 0.2) is 188 Å². The maximum absolute atomic E-state index is 14.9. The first-order chi connectivity index (χ1) is 28.4. The van der Waals surface area contributed by atoms with E-state index in [0.717, 1.165) is 66.4 Å². The standard InChI is InChI=1S/C53H37FN4/c1-34-16-20-36(21-17-34)40-24-28-49-46(31-40)47-32-41(37-22-18-35(2)19-23-37)25-29-50(47)58(49)44-26-27-45(42-14-9-15-43(54)30-42)48(33-44)53-56-51(38-10-5-3-6-11-38)55-52(57-53)39-12-7-4-8-13-39/h3-33H,1-2H3. The third kappa shape index (κ3) is 6.53. The van der Waals surface area contributed by atoms with Crippen LogP contribution in [0.3, 0.4) is 0 Å². The Morgan fingerprint density at radius 1 is 0.362 bits per heavy atom. The molecule has 0 amide bonds. The summed E-state index contributed by atoms with van der Waals surface area (Å²) in [4.78, 5) is 15.2. The Hall–Kier alpha value is -7.50. The van der Waals surface area contributed by atoms with Crippen LogP contribution in [-0.4, -0.2) is 19.5 Å². The van der Waals surface area contributed by atoms with Gasteiger partial charge >= 0.3 is 0 Å². The fourth-order valence-corrected chi connectivity index (χ4v) is 7.85. The van der Waals surface area contributed by atoms with E-state index in [1.165, 1.54) is 28.3 Å². The highest BCUT2D eigenvalue weighted by molar-refractivity contribution is 6.11. The molecule has 10 rings (SSSR count). The Kier molecular flexibility index (Phi) is 8.76. The largest absolute Gasteiger partial charge is 0.309 e. The van der Waals surface area contributed by atoms with Gasteiger partial charge in [-0.05, 0) is 95.8 Å². The van der Waals surface area contributed by atoms with Crippen molar-refractivity contribution in [1.29, 1.82) is 0 Å². The lowest BCUT2D eigenvalue weighted by Crippen LogP contribution is -2.02. The van der Waals surface area contributed by atoms with E-state index in [1.54, 1.807) is 12.1 Å². The van der Waals surface area contributed by atoms with Crippen molar-refractivity contribution in [2.45, 2.75) is 13.8 Å². The minimum Gasteiger partial charge on any atom is -0.309 e. The second-order valence-corrected chi connectivity index (χ2v) is 14.8. The van der Waals surface area contributed by atoms with Crippen molar-refractivity contribution in [3.8, 4) is 73.2 Å². The number of fused-ring (bicyclic) bond motifs is 3. The molecular weight excluding hydrogens is 712 g/mol. The molecule has 0 N–H and O–H groups in total. The van der Waals surface area contributed by atoms with E-state index in [2.05, 4.69) is 122 Å². The molecule has 0 unspecified atom stereocenters. The molecule has 0 aliphatic heterocycles. The summed E-state index contributed by atoms with van der Waals surface area (Å²) in [6.07, 6.45) is 0. The zero-order valence-electron chi connectivity index (χ0n) is 32.1. The van der Waals surface area contributed by atoms with Crippen molar-refractivity contribution in [3.63, 3.8) is 0 Å². The van der Waals surface area contributed by atoms with E-state index in [1.807, 2.05) is 66.7 Å². The molecule has 0 aliphatic carbocycles. The van der Waals surface area contributed by atoms with Crippen LogP contribution in [0.25, 0.3) is 95.0 Å². The molecule has 2 heterocycles. The zero-order valence-corrected chi connectivity index (χ0v) is 32.1. The van der Waals surface area contributed by atoms with Gasteiger partial charge in [-0.1, -0.05) is 151 Å². The number of nitrogens with zero attached hydrogens (tertiary/aromatic N) is 4. The molecule has 0 aliphatic rings. The molecule has 4 nitrogen and oxygen atoms in total. The van der Waals surface area contributed by atoms with E-state index >= 15 is 0 Å². The molecule has 276 valence electrons. The molecule has 2 aromatic heterocycles. The molecule has 0 saturated heterocycles. The third-order valence-corrected chi connectivity index (χ3v) is 10.9. The Morgan fingerprint density at radius 3 is 1.36 bits per heavy atom. The number of hydrogen-bond acceptors (Lipinski definition) is 3. The lowest BCUT2D eigenvalue weighted by atomic mass is 9.98. The molecule has 8 aromatic carbocycles. The molecule has 0 atom stereocenters. The van der Waals surface area contributed by atoms with Gasteiger partial charge in [0.2, 0.25) is 0 Å². The van der Waals surface area contributed by atoms with Gasteiger partial charge in [-0.15, -0.1) is 0 Å². The second kappa shape index (κ2) is 14.5. The van der Waals surface area contributed by atoms with Crippen LogP contribution >= 0.6 is 0 Å². The highest BCUT2D eigenvalue weighted by Crippen LogP contribution is 2.40. The van der Waals surface area contributed by atoms with E-state index in [4.69, 9.17) is 15.0 Å². The quantitative estimate of drug-likeness (QED) is 0.163. The highest BCUT2D eigenvalue weighted by atomic mass is 19.1. The normalized spacial score (nSPS) is 11.4. The molecule has 0 radical (unpaired) electrons. The van der Waals surface area contributed by atoms with Crippen molar-refractivity contribution in [2.24, 2.45) is 0 Å². The summed E-state index contributed by atoms with van der Waals surface area (Å²) >= 11 is 0. The van der Waals surface area contributed by atoms with Gasteiger partial charge in [0.05, 0.1) is 11.0 Å². The first kappa shape index (κ1) is 35.0. The van der Waals surface area contributed by atoms with Gasteiger partial charge in [-0.25, -0.2) is 19.3 Å². The summed E-state index contributed by atoms with van der Waals surface area (Å²) in [7, 11) is 0. The van der Waals surface area contributed by atoms with E-state index < -0.39 is 0 Å². The molecular formula is C53H37FN4. The van der Waals surface area contributed by atoms with Gasteiger partial charge in [0, 0.05) is 33.2 Å². The van der Waals surface area contributed by atoms with Gasteiger partial charge < -0.3 is 4.57 Å². The van der Waals surface area contributed by atoms with Crippen LogP contribution < -0.4 is 0 Å². The minimum atomic E-state index is -0.311. The maximum atomic E-state index is 14.9. The van der Waals surface area contributed by atoms with E-state index in [-0.39, 0.29) is 5.82 Å². The van der Waals surface area contributed by atoms with Crippen LogP contribution in [0.5, 0.6) is 0 Å². The van der Waals surface area contributed by atoms with Crippen LogP contribution in [0.2, 0.25) is 0 Å². The van der Waals surface area contributed by atoms with Crippen LogP contribution in [0.1, 0.15) is 11.1 Å². The van der Waals surface area contributed by atoms with E-state index in [0.29, 0.717) is 17.5 Å². The smallest absolute Gasteiger partial charge is 0.164 e. The molecule has 0 spiro atoms. The second-order valence-electron chi connectivity index (χ2n) is 14.8. The topological polar surface area (TPSA) is 43.6 Å². The predicted molar refractivity (Wildman–Crippen MR) is 236 cm³/mol. The minimum absolute atomic E-state index is 0.311. The van der Waals surface area contributed by atoms with Gasteiger partial charge in [-0.3, -0.25) is 0 Å². The Bertz CT molecular complexity index is 2950. The molecule has 0 fully saturated rings. The summed E-state index contributed by atoms with van der Waals surface area (Å²) in [6, 6.07) is 63.8. The van der Waals surface area contributed by atoms with Crippen LogP contribution in [0, 0.1) is 19.7 Å². The highest BCUT2D eigenvalue weighted by Gasteiger charge is 2.20. The van der Waals surface area contributed by atoms with Crippen molar-refractivity contribution in [3.05, 3.63) is 205 Å². The summed E-state index contributed by atoms with van der Waals surface area (Å²) in [5, 5.41) is 2.30. The summed E-state index contributed by atoms with van der Waals surface area (Å²) in [5.74, 6) is 1.31. The Morgan fingerprint density at radius 2 is 0.845 bits per heavy atom. The fraction of sp³-hybridized carbons (Fsp3) is 0.0377. The first-order valence-corrected chi connectivity index (χ1v) is 19.5. The van der Waals surface area contributed by atoms with Gasteiger partial charge in [0.15, 0.2) is 17.5 Å². The first-order valence-electron chi connectivity index (χ1n) is 19.5. The van der Waals surface area contributed by atoms with Crippen molar-refractivity contribution >= 4 is 21.8 Å². The SMILES string of the molecule is Cc1ccc(-c2ccc3c(c2)c2cc(-c4ccc(C)cc4)ccc2n3-c2ccc(-c3cccc(F)c3)c(-c3nc(-c4ccccc4)nc(-c4ccccc4)n3)c2)cc1. The molecule has 0 saturated carbocycles. The number of hydrogen-bond donors (Lipinski definition) is 0. The van der Waals surface area contributed by atoms with Gasteiger partial charge in [0.1, 0.15) is 5.82 Å². The van der Waals surface area contributed by atoms with Crippen molar-refractivity contribution in [2.75, 3.05) is 0 Å². The Balaban J connectivity index is 1.23. The molecule has 5 heteroatoms. The summed E-state index contributed by atoms with van der Waals surface area (Å²) < 4.78 is 17.2. The fourth-order valence-electron chi connectivity index (χ4n) is 7.85. The zero-order chi connectivity index (χ0) is 39.2. The number of aromatic nitrogens is 4. The lowest BCUT2D eigenvalue weighted by Gasteiger charge is -2.16. The van der Waals surface area contributed by atoms with Crippen LogP contribution in [0.4, 0.5) is 4.39 Å². The molecule has 58 heavy (non-hydrogen) atoms. The number of rotatable bonds is 7. The average molecular weight is 749 g/mol. The maximum Gasteiger partial charge on any atom is 0.164 e. The lowest BCUT2D eigenvalue weighted by molar-refractivity contribution is 0.628. The summed E-state index contributed by atoms with van der Waals surface area (Å²) in [6.45, 7) is 4.23. The van der Waals surface area contributed by atoms with Crippen molar-refractivity contribution < 1.29 is 4.39 Å². The van der Waals surface area contributed by atoms with Gasteiger partial charge in [0.25, 0.3) is 0 Å². The molecule has 0 bridgehead atoms. The average Bonchev–Trinajstić information content (AvgIpc) is 3.60. The third-order valence-electron chi connectivity index (χ3n) is 10.9. The van der Waals surface area contributed by atoms with Gasteiger partial charge in [-0.2, -0.15) is 0 Å². The van der Waals surface area contributed by atoms with Crippen molar-refractivity contribution in [1.82, 2.24) is 19.5 Å². The monoisotopic (exact) mass is 748 g/mol.